The van der Waals surface area contributed by atoms with Gasteiger partial charge in [0.15, 0.2) is 0 Å². The van der Waals surface area contributed by atoms with Gasteiger partial charge in [0.05, 0.1) is 34.2 Å². The zero-order valence-electron chi connectivity index (χ0n) is 16.4. The van der Waals surface area contributed by atoms with Gasteiger partial charge in [0.1, 0.15) is 5.82 Å². The minimum Gasteiger partial charge on any atom is -0.489 e. The maximum absolute atomic E-state index is 13.1. The van der Waals surface area contributed by atoms with Crippen LogP contribution in [0.1, 0.15) is 37.6 Å². The molecule has 0 aliphatic carbocycles. The van der Waals surface area contributed by atoms with Crippen LogP contribution in [0.25, 0.3) is 10.9 Å². The Labute approximate surface area is 185 Å². The summed E-state index contributed by atoms with van der Waals surface area (Å²) in [6.07, 6.45) is 2.10. The highest BCUT2D eigenvalue weighted by Gasteiger charge is 2.20. The van der Waals surface area contributed by atoms with E-state index >= 15 is 0 Å². The van der Waals surface area contributed by atoms with E-state index in [1.165, 1.54) is 30.1 Å². The molecule has 8 nitrogen and oxygen atoms in total. The highest BCUT2D eigenvalue weighted by atomic mass is 79.9. The fourth-order valence-electron chi connectivity index (χ4n) is 2.91. The Hall–Kier alpha value is -2.78. The fourth-order valence-corrected chi connectivity index (χ4v) is 3.58. The van der Waals surface area contributed by atoms with E-state index in [4.69, 9.17) is 16.3 Å². The molecule has 1 atom stereocenters. The van der Waals surface area contributed by atoms with Crippen LogP contribution in [0, 0.1) is 10.1 Å². The molecule has 2 aromatic carbocycles. The Kier molecular flexibility index (Phi) is 6.52. The van der Waals surface area contributed by atoms with Crippen molar-refractivity contribution in [2.75, 3.05) is 7.11 Å². The van der Waals surface area contributed by atoms with Crippen molar-refractivity contribution in [2.24, 2.45) is 5.10 Å². The van der Waals surface area contributed by atoms with Gasteiger partial charge in [0.2, 0.25) is 5.75 Å². The number of methoxy groups -OCH3 is 1. The van der Waals surface area contributed by atoms with Crippen LogP contribution >= 0.6 is 27.5 Å². The molecule has 0 saturated heterocycles. The van der Waals surface area contributed by atoms with Crippen LogP contribution in [0.4, 0.5) is 5.69 Å². The lowest BCUT2D eigenvalue weighted by molar-refractivity contribution is -0.385. The van der Waals surface area contributed by atoms with Crippen molar-refractivity contribution in [1.82, 2.24) is 9.66 Å². The van der Waals surface area contributed by atoms with Crippen LogP contribution in [0.15, 0.2) is 44.7 Å². The summed E-state index contributed by atoms with van der Waals surface area (Å²) in [5.74, 6) is 0.438. The third kappa shape index (κ3) is 4.22. The Balaban J connectivity index is 2.19. The Morgan fingerprint density at radius 2 is 2.13 bits per heavy atom. The van der Waals surface area contributed by atoms with Crippen molar-refractivity contribution in [3.05, 3.63) is 71.7 Å². The largest absolute Gasteiger partial charge is 0.489 e. The predicted molar refractivity (Wildman–Crippen MR) is 120 cm³/mol. The van der Waals surface area contributed by atoms with Gasteiger partial charge in [-0.05, 0) is 30.7 Å². The van der Waals surface area contributed by atoms with Gasteiger partial charge in [0, 0.05) is 22.0 Å². The summed E-state index contributed by atoms with van der Waals surface area (Å²) in [5, 5.41) is 16.1. The van der Waals surface area contributed by atoms with Crippen molar-refractivity contribution in [1.29, 1.82) is 0 Å². The molecule has 0 fully saturated rings. The quantitative estimate of drug-likeness (QED) is 0.269. The first-order valence-corrected chi connectivity index (χ1v) is 10.2. The summed E-state index contributed by atoms with van der Waals surface area (Å²) in [5.41, 5.74) is 0.306. The van der Waals surface area contributed by atoms with Crippen molar-refractivity contribution in [2.45, 2.75) is 26.2 Å². The molecule has 0 unspecified atom stereocenters. The number of fused-ring (bicyclic) bond motifs is 1. The average Bonchev–Trinajstić information content (AvgIpc) is 2.72. The van der Waals surface area contributed by atoms with Gasteiger partial charge in [-0.25, -0.2) is 4.98 Å². The highest BCUT2D eigenvalue weighted by molar-refractivity contribution is 9.10. The third-order valence-electron chi connectivity index (χ3n) is 4.66. The summed E-state index contributed by atoms with van der Waals surface area (Å²) in [6.45, 7) is 3.94. The molecule has 0 spiro atoms. The first kappa shape index (κ1) is 21.9. The van der Waals surface area contributed by atoms with Crippen LogP contribution in [-0.2, 0) is 0 Å². The molecule has 0 amide bonds. The maximum Gasteiger partial charge on any atom is 0.313 e. The summed E-state index contributed by atoms with van der Waals surface area (Å²) in [7, 11) is 1.30. The predicted octanol–water partition coefficient (Wildman–Crippen LogP) is 5.12. The van der Waals surface area contributed by atoms with Crippen molar-refractivity contribution in [3.63, 3.8) is 0 Å². The number of hydrogen-bond acceptors (Lipinski definition) is 6. The Morgan fingerprint density at radius 3 is 2.77 bits per heavy atom. The number of aromatic nitrogens is 2. The normalized spacial score (nSPS) is 12.4. The number of ether oxygens (including phenoxy) is 1. The molecule has 3 rings (SSSR count). The summed E-state index contributed by atoms with van der Waals surface area (Å²) >= 11 is 9.48. The highest BCUT2D eigenvalue weighted by Crippen LogP contribution is 2.35. The van der Waals surface area contributed by atoms with Crippen LogP contribution < -0.4 is 10.3 Å². The van der Waals surface area contributed by atoms with Crippen LogP contribution in [0.5, 0.6) is 5.75 Å². The molecule has 30 heavy (non-hydrogen) atoms. The van der Waals surface area contributed by atoms with E-state index in [9.17, 15) is 14.9 Å². The number of nitrogens with zero attached hydrogens (tertiary/aromatic N) is 4. The number of hydrogen-bond donors (Lipinski definition) is 0. The minimum atomic E-state index is -0.589. The molecular weight excluding hydrogens is 476 g/mol. The zero-order chi connectivity index (χ0) is 22.0. The summed E-state index contributed by atoms with van der Waals surface area (Å²) in [6, 6.07) is 8.05. The standard InChI is InChI=1S/C20H18BrClN4O4/c1-4-11(2)19-24-16-6-5-13(21)9-14(16)20(27)25(19)23-10-12-7-15(22)18(30-3)17(8-12)26(28)29/h5-11H,4H2,1-3H3/t11-/m1/s1. The lowest BCUT2D eigenvalue weighted by Crippen LogP contribution is -2.23. The van der Waals surface area contributed by atoms with Crippen LogP contribution in [0.3, 0.4) is 0 Å². The topological polar surface area (TPSA) is 99.6 Å². The van der Waals surface area contributed by atoms with Crippen LogP contribution in [-0.4, -0.2) is 27.9 Å². The molecule has 3 aromatic rings. The lowest BCUT2D eigenvalue weighted by Gasteiger charge is -2.14. The average molecular weight is 494 g/mol. The molecular formula is C20H18BrClN4O4. The minimum absolute atomic E-state index is 0.0308. The van der Waals surface area contributed by atoms with Crippen molar-refractivity contribution >= 4 is 50.3 Å². The summed E-state index contributed by atoms with van der Waals surface area (Å²) < 4.78 is 6.99. The second-order valence-electron chi connectivity index (χ2n) is 6.61. The van der Waals surface area contributed by atoms with E-state index < -0.39 is 4.92 Å². The van der Waals surface area contributed by atoms with Gasteiger partial charge >= 0.3 is 5.69 Å². The number of rotatable bonds is 6. The van der Waals surface area contributed by atoms with Gasteiger partial charge in [0.25, 0.3) is 5.56 Å². The van der Waals surface area contributed by atoms with Crippen LogP contribution in [0.2, 0.25) is 5.02 Å². The lowest BCUT2D eigenvalue weighted by atomic mass is 10.1. The van der Waals surface area contributed by atoms with E-state index in [0.29, 0.717) is 22.3 Å². The van der Waals surface area contributed by atoms with Gasteiger partial charge in [-0.2, -0.15) is 9.78 Å². The molecule has 1 heterocycles. The molecule has 0 radical (unpaired) electrons. The molecule has 0 N–H and O–H groups in total. The SMILES string of the molecule is CC[C@@H](C)c1nc2ccc(Br)cc2c(=O)n1N=Cc1cc(Cl)c(OC)c([N+](=O)[O-])c1. The smallest absolute Gasteiger partial charge is 0.313 e. The molecule has 0 saturated carbocycles. The molecule has 0 aliphatic heterocycles. The van der Waals surface area contributed by atoms with Gasteiger partial charge in [-0.1, -0.05) is 41.4 Å². The van der Waals surface area contributed by atoms with E-state index in [1.807, 2.05) is 19.9 Å². The molecule has 0 aliphatic rings. The second kappa shape index (κ2) is 8.93. The monoisotopic (exact) mass is 492 g/mol. The summed E-state index contributed by atoms with van der Waals surface area (Å²) in [4.78, 5) is 28.5. The Bertz CT molecular complexity index is 1230. The zero-order valence-corrected chi connectivity index (χ0v) is 18.8. The van der Waals surface area contributed by atoms with E-state index in [-0.39, 0.29) is 27.9 Å². The Morgan fingerprint density at radius 1 is 1.40 bits per heavy atom. The number of benzene rings is 2. The maximum atomic E-state index is 13.1. The number of nitro groups is 1. The number of nitro benzene ring substituents is 1. The molecule has 156 valence electrons. The van der Waals surface area contributed by atoms with Gasteiger partial charge < -0.3 is 4.74 Å². The fraction of sp³-hybridized carbons (Fsp3) is 0.250. The second-order valence-corrected chi connectivity index (χ2v) is 7.94. The first-order chi connectivity index (χ1) is 14.3. The van der Waals surface area contributed by atoms with Crippen molar-refractivity contribution in [3.8, 4) is 5.75 Å². The first-order valence-electron chi connectivity index (χ1n) is 9.05. The van der Waals surface area contributed by atoms with E-state index in [1.54, 1.807) is 12.1 Å². The van der Waals surface area contributed by atoms with Gasteiger partial charge in [-0.3, -0.25) is 14.9 Å². The molecule has 1 aromatic heterocycles. The van der Waals surface area contributed by atoms with E-state index in [2.05, 4.69) is 26.0 Å². The van der Waals surface area contributed by atoms with E-state index in [0.717, 1.165) is 10.9 Å². The van der Waals surface area contributed by atoms with Gasteiger partial charge in [-0.15, -0.1) is 0 Å². The van der Waals surface area contributed by atoms with Crippen molar-refractivity contribution < 1.29 is 9.66 Å². The third-order valence-corrected chi connectivity index (χ3v) is 5.43. The number of halogens is 2. The molecule has 0 bridgehead atoms. The molecule has 10 heteroatoms.